The summed E-state index contributed by atoms with van der Waals surface area (Å²) in [6.07, 6.45) is 1.51. The van der Waals surface area contributed by atoms with E-state index >= 15 is 0 Å². The van der Waals surface area contributed by atoms with Gasteiger partial charge in [0.25, 0.3) is 0 Å². The Balaban J connectivity index is 2.13. The van der Waals surface area contributed by atoms with E-state index in [1.165, 1.54) is 31.5 Å². The van der Waals surface area contributed by atoms with Crippen LogP contribution in [0.1, 0.15) is 15.9 Å². The molecule has 0 radical (unpaired) electrons. The Morgan fingerprint density at radius 3 is 2.84 bits per heavy atom. The SMILES string of the molecule is COc1cc(/C=N\Nc2cc(C(=O)O)ccc2Cl)ccc1OCC#N. The van der Waals surface area contributed by atoms with Crippen LogP contribution in [0, 0.1) is 11.3 Å². The number of nitrogens with zero attached hydrogens (tertiary/aromatic N) is 2. The third-order valence-electron chi connectivity index (χ3n) is 3.09. The van der Waals surface area contributed by atoms with Gasteiger partial charge in [-0.15, -0.1) is 0 Å². The quantitative estimate of drug-likeness (QED) is 0.580. The van der Waals surface area contributed by atoms with Gasteiger partial charge in [-0.3, -0.25) is 5.43 Å². The summed E-state index contributed by atoms with van der Waals surface area (Å²) in [5, 5.41) is 21.9. The van der Waals surface area contributed by atoms with Crippen molar-refractivity contribution in [2.75, 3.05) is 19.1 Å². The number of hydrogen-bond acceptors (Lipinski definition) is 6. The Kier molecular flexibility index (Phi) is 6.20. The molecule has 0 atom stereocenters. The summed E-state index contributed by atoms with van der Waals surface area (Å²) in [7, 11) is 1.49. The number of hydrogen-bond donors (Lipinski definition) is 2. The number of nitrogens with one attached hydrogen (secondary N) is 1. The number of benzene rings is 2. The van der Waals surface area contributed by atoms with Crippen LogP contribution in [0.25, 0.3) is 0 Å². The second-order valence-corrected chi connectivity index (χ2v) is 5.13. The van der Waals surface area contributed by atoms with Crippen molar-refractivity contribution in [1.29, 1.82) is 5.26 Å². The number of nitriles is 1. The number of halogens is 1. The molecule has 2 aromatic carbocycles. The number of anilines is 1. The Morgan fingerprint density at radius 1 is 1.36 bits per heavy atom. The predicted octanol–water partition coefficient (Wildman–Crippen LogP) is 3.40. The van der Waals surface area contributed by atoms with Gasteiger partial charge in [0.2, 0.25) is 0 Å². The minimum Gasteiger partial charge on any atom is -0.493 e. The molecule has 0 heterocycles. The zero-order chi connectivity index (χ0) is 18.2. The fraction of sp³-hybridized carbons (Fsp3) is 0.118. The van der Waals surface area contributed by atoms with Crippen molar-refractivity contribution in [2.45, 2.75) is 0 Å². The van der Waals surface area contributed by atoms with Crippen molar-refractivity contribution in [3.05, 3.63) is 52.5 Å². The lowest BCUT2D eigenvalue weighted by molar-refractivity contribution is 0.0697. The predicted molar refractivity (Wildman–Crippen MR) is 93.7 cm³/mol. The molecule has 0 fully saturated rings. The van der Waals surface area contributed by atoms with Crippen molar-refractivity contribution in [3.63, 3.8) is 0 Å². The maximum atomic E-state index is 11.0. The molecule has 8 heteroatoms. The number of methoxy groups -OCH3 is 1. The molecule has 0 aliphatic rings. The molecule has 0 spiro atoms. The second-order valence-electron chi connectivity index (χ2n) is 4.73. The van der Waals surface area contributed by atoms with Crippen LogP contribution in [0.15, 0.2) is 41.5 Å². The van der Waals surface area contributed by atoms with E-state index in [9.17, 15) is 4.79 Å². The van der Waals surface area contributed by atoms with Gasteiger partial charge in [0.15, 0.2) is 18.1 Å². The van der Waals surface area contributed by atoms with Crippen molar-refractivity contribution in [1.82, 2.24) is 0 Å². The highest BCUT2D eigenvalue weighted by Gasteiger charge is 2.07. The normalized spacial score (nSPS) is 10.3. The standard InChI is InChI=1S/C17H14ClN3O4/c1-24-16-8-11(2-5-15(16)25-7-6-19)10-20-21-14-9-12(17(22)23)3-4-13(14)18/h2-5,8-10,21H,7H2,1H3,(H,22,23)/b20-10-. The van der Waals surface area contributed by atoms with Gasteiger partial charge in [-0.05, 0) is 42.0 Å². The van der Waals surface area contributed by atoms with Crippen LogP contribution < -0.4 is 14.9 Å². The average Bonchev–Trinajstić information content (AvgIpc) is 2.61. The van der Waals surface area contributed by atoms with Crippen LogP contribution in [0.3, 0.4) is 0 Å². The van der Waals surface area contributed by atoms with Crippen LogP contribution in [-0.4, -0.2) is 31.0 Å². The zero-order valence-corrected chi connectivity index (χ0v) is 13.9. The lowest BCUT2D eigenvalue weighted by Gasteiger charge is -2.09. The van der Waals surface area contributed by atoms with Gasteiger partial charge >= 0.3 is 5.97 Å². The van der Waals surface area contributed by atoms with Crippen molar-refractivity contribution >= 4 is 29.5 Å². The average molecular weight is 360 g/mol. The first-order valence-corrected chi connectivity index (χ1v) is 7.42. The lowest BCUT2D eigenvalue weighted by atomic mass is 10.2. The molecule has 2 rings (SSSR count). The molecule has 0 unspecified atom stereocenters. The Bertz CT molecular complexity index is 846. The summed E-state index contributed by atoms with van der Waals surface area (Å²) in [5.74, 6) is -0.141. The molecule has 0 saturated carbocycles. The maximum Gasteiger partial charge on any atom is 0.335 e. The largest absolute Gasteiger partial charge is 0.493 e. The summed E-state index contributed by atoms with van der Waals surface area (Å²) >= 11 is 6.01. The number of aromatic carboxylic acids is 1. The topological polar surface area (TPSA) is 104 Å². The van der Waals surface area contributed by atoms with Gasteiger partial charge in [0, 0.05) is 0 Å². The molecule has 0 saturated heterocycles. The highest BCUT2D eigenvalue weighted by molar-refractivity contribution is 6.33. The molecule has 0 aliphatic carbocycles. The van der Waals surface area contributed by atoms with Crippen molar-refractivity contribution in [2.24, 2.45) is 5.10 Å². The van der Waals surface area contributed by atoms with E-state index < -0.39 is 5.97 Å². The number of rotatable bonds is 7. The highest BCUT2D eigenvalue weighted by atomic mass is 35.5. The maximum absolute atomic E-state index is 11.0. The lowest BCUT2D eigenvalue weighted by Crippen LogP contribution is -1.99. The smallest absolute Gasteiger partial charge is 0.335 e. The second kappa shape index (κ2) is 8.57. The Hall–Kier alpha value is -3.24. The molecule has 25 heavy (non-hydrogen) atoms. The van der Waals surface area contributed by atoms with Gasteiger partial charge in [-0.25, -0.2) is 4.79 Å². The third kappa shape index (κ3) is 4.86. The first-order chi connectivity index (χ1) is 12.0. The Labute approximate surface area is 149 Å². The summed E-state index contributed by atoms with van der Waals surface area (Å²) < 4.78 is 10.4. The number of carboxylic acids is 1. The first kappa shape index (κ1) is 18.1. The fourth-order valence-corrected chi connectivity index (χ4v) is 2.07. The molecule has 2 N–H and O–H groups in total. The van der Waals surface area contributed by atoms with Crippen molar-refractivity contribution in [3.8, 4) is 17.6 Å². The van der Waals surface area contributed by atoms with Crippen molar-refractivity contribution < 1.29 is 19.4 Å². The molecule has 0 aliphatic heterocycles. The Morgan fingerprint density at radius 2 is 2.16 bits per heavy atom. The monoisotopic (exact) mass is 359 g/mol. The molecule has 7 nitrogen and oxygen atoms in total. The van der Waals surface area contributed by atoms with Crippen LogP contribution >= 0.6 is 11.6 Å². The summed E-state index contributed by atoms with van der Waals surface area (Å²) in [5.41, 5.74) is 3.88. The molecular weight excluding hydrogens is 346 g/mol. The van der Waals surface area contributed by atoms with Gasteiger partial charge in [-0.2, -0.15) is 10.4 Å². The van der Waals surface area contributed by atoms with Crippen LogP contribution in [-0.2, 0) is 0 Å². The number of carbonyl (C=O) groups is 1. The molecular formula is C17H14ClN3O4. The third-order valence-corrected chi connectivity index (χ3v) is 3.42. The molecule has 0 amide bonds. The molecule has 0 aromatic heterocycles. The van der Waals surface area contributed by atoms with E-state index in [0.29, 0.717) is 27.8 Å². The number of hydrazone groups is 1. The summed E-state index contributed by atoms with van der Waals surface area (Å²) in [6.45, 7) is -0.0796. The van der Waals surface area contributed by atoms with E-state index in [-0.39, 0.29) is 12.2 Å². The van der Waals surface area contributed by atoms with E-state index in [1.54, 1.807) is 18.2 Å². The highest BCUT2D eigenvalue weighted by Crippen LogP contribution is 2.27. The van der Waals surface area contributed by atoms with Gasteiger partial charge in [0.05, 0.1) is 29.6 Å². The van der Waals surface area contributed by atoms with Gasteiger partial charge < -0.3 is 14.6 Å². The summed E-state index contributed by atoms with van der Waals surface area (Å²) in [4.78, 5) is 11.0. The number of carboxylic acid groups (broad SMARTS) is 1. The molecule has 0 bridgehead atoms. The minimum absolute atomic E-state index is 0.0796. The minimum atomic E-state index is -1.05. The van der Waals surface area contributed by atoms with Gasteiger partial charge in [-0.1, -0.05) is 11.6 Å². The number of ether oxygens (including phenoxy) is 2. The van der Waals surface area contributed by atoms with Crippen LogP contribution in [0.4, 0.5) is 5.69 Å². The first-order valence-electron chi connectivity index (χ1n) is 7.05. The van der Waals surface area contributed by atoms with E-state index in [4.69, 9.17) is 31.4 Å². The summed E-state index contributed by atoms with van der Waals surface area (Å²) in [6, 6.07) is 11.2. The van der Waals surface area contributed by atoms with E-state index in [2.05, 4.69) is 10.5 Å². The zero-order valence-electron chi connectivity index (χ0n) is 13.2. The van der Waals surface area contributed by atoms with Gasteiger partial charge in [0.1, 0.15) is 6.07 Å². The van der Waals surface area contributed by atoms with Crippen LogP contribution in [0.2, 0.25) is 5.02 Å². The molecule has 128 valence electrons. The molecule has 2 aromatic rings. The van der Waals surface area contributed by atoms with E-state index in [0.717, 1.165) is 0 Å². The fourth-order valence-electron chi connectivity index (χ4n) is 1.91. The van der Waals surface area contributed by atoms with E-state index in [1.807, 2.05) is 6.07 Å². The van der Waals surface area contributed by atoms with Crippen LogP contribution in [0.5, 0.6) is 11.5 Å².